The molecule has 0 bridgehead atoms. The molecule has 0 heterocycles. The second-order valence-electron chi connectivity index (χ2n) is 12.7. The molecule has 0 atom stereocenters. The maximum absolute atomic E-state index is 13.0. The fraction of sp³-hybridized carbons (Fsp3) is 0.361. The highest BCUT2D eigenvalue weighted by Gasteiger charge is 2.44. The van der Waals surface area contributed by atoms with Crippen molar-refractivity contribution < 1.29 is 28.6 Å². The molecule has 240 valence electrons. The number of rotatable bonds is 12. The smallest absolute Gasteiger partial charge is 0.413 e. The molecule has 45 heavy (non-hydrogen) atoms. The van der Waals surface area contributed by atoms with Gasteiger partial charge in [-0.1, -0.05) is 54.6 Å². The van der Waals surface area contributed by atoms with Crippen LogP contribution in [0.5, 0.6) is 0 Å². The minimum Gasteiger partial charge on any atom is -0.464 e. The summed E-state index contributed by atoms with van der Waals surface area (Å²) in [7, 11) is -0.472. The van der Waals surface area contributed by atoms with E-state index < -0.39 is 36.5 Å². The van der Waals surface area contributed by atoms with Crippen LogP contribution < -0.4 is 21.2 Å². The highest BCUT2D eigenvalue weighted by Crippen LogP contribution is 2.55. The van der Waals surface area contributed by atoms with Crippen molar-refractivity contribution in [2.45, 2.75) is 59.2 Å². The molecule has 0 unspecified atom stereocenters. The molecule has 0 aliphatic carbocycles. The van der Waals surface area contributed by atoms with E-state index in [1.807, 2.05) is 18.2 Å². The number of nitrogens with one attached hydrogen (secondary N) is 1. The minimum atomic E-state index is -2.05. The SMILES string of the molecule is CN(CC(=O)OCCC[P+](c1ccccc1)(c1ccccc1)c1ccccc1)/C(=C/C(=O)OC(C)(C)C)NC(=O)OC(C)(C)C. The van der Waals surface area contributed by atoms with Gasteiger partial charge in [-0.2, -0.15) is 0 Å². The van der Waals surface area contributed by atoms with Gasteiger partial charge < -0.3 is 19.1 Å². The fourth-order valence-electron chi connectivity index (χ4n) is 4.79. The van der Waals surface area contributed by atoms with Crippen molar-refractivity contribution in [3.8, 4) is 0 Å². The summed E-state index contributed by atoms with van der Waals surface area (Å²) in [5, 5.41) is 6.35. The van der Waals surface area contributed by atoms with Gasteiger partial charge in [-0.25, -0.2) is 9.59 Å². The predicted octanol–water partition coefficient (Wildman–Crippen LogP) is 5.55. The van der Waals surface area contributed by atoms with Crippen LogP contribution in [0.15, 0.2) is 103 Å². The van der Waals surface area contributed by atoms with E-state index in [1.54, 1.807) is 48.6 Å². The molecule has 0 aromatic heterocycles. The third kappa shape index (κ3) is 11.1. The summed E-state index contributed by atoms with van der Waals surface area (Å²) in [5.41, 5.74) is -1.49. The predicted molar refractivity (Wildman–Crippen MR) is 182 cm³/mol. The molecule has 0 saturated heterocycles. The first-order valence-electron chi connectivity index (χ1n) is 15.1. The van der Waals surface area contributed by atoms with Crippen LogP contribution in [0.1, 0.15) is 48.0 Å². The molecule has 0 fully saturated rings. The molecule has 0 aliphatic rings. The van der Waals surface area contributed by atoms with E-state index in [-0.39, 0.29) is 19.0 Å². The lowest BCUT2D eigenvalue weighted by Crippen LogP contribution is -2.40. The molecule has 0 spiro atoms. The van der Waals surface area contributed by atoms with E-state index in [0.717, 1.165) is 12.2 Å². The highest BCUT2D eigenvalue weighted by atomic mass is 31.2. The van der Waals surface area contributed by atoms with Gasteiger partial charge >= 0.3 is 18.0 Å². The molecule has 0 radical (unpaired) electrons. The van der Waals surface area contributed by atoms with Gasteiger partial charge in [-0.3, -0.25) is 10.1 Å². The number of carbonyl (C=O) groups is 3. The van der Waals surface area contributed by atoms with Crippen molar-refractivity contribution in [1.29, 1.82) is 0 Å². The second kappa shape index (κ2) is 15.7. The van der Waals surface area contributed by atoms with Crippen LogP contribution in [-0.4, -0.2) is 60.5 Å². The van der Waals surface area contributed by atoms with Crippen molar-refractivity contribution in [2.75, 3.05) is 26.4 Å². The van der Waals surface area contributed by atoms with E-state index >= 15 is 0 Å². The second-order valence-corrected chi connectivity index (χ2v) is 16.3. The number of carbonyl (C=O) groups excluding carboxylic acids is 3. The Hall–Kier alpha value is -4.16. The van der Waals surface area contributed by atoms with Crippen molar-refractivity contribution in [3.05, 3.63) is 103 Å². The molecule has 1 amide bonds. The standard InChI is InChI=1S/C36H45N2O6P/c1-35(2,3)43-32(39)26-31(37-34(41)44-36(4,5)6)38(7)27-33(40)42-24-17-25-45(28-18-11-8-12-19-28,29-20-13-9-14-21-29)30-22-15-10-16-23-30/h8-16,18-23,26H,17,24-25,27H2,1-7H3/p+1. The number of alkyl carbamates (subject to hydrolysis) is 1. The number of likely N-dealkylation sites (N-methyl/N-ethyl adjacent to an activating group) is 1. The zero-order chi connectivity index (χ0) is 33.1. The Balaban J connectivity index is 1.74. The number of hydrogen-bond acceptors (Lipinski definition) is 7. The average molecular weight is 634 g/mol. The summed E-state index contributed by atoms with van der Waals surface area (Å²) in [5.74, 6) is -1.11. The Bertz CT molecular complexity index is 1330. The molecular formula is C36H46N2O6P+. The molecule has 8 nitrogen and oxygen atoms in total. The normalized spacial score (nSPS) is 12.2. The first-order chi connectivity index (χ1) is 21.2. The van der Waals surface area contributed by atoms with Crippen molar-refractivity contribution in [1.82, 2.24) is 10.2 Å². The lowest BCUT2D eigenvalue weighted by Gasteiger charge is -2.28. The maximum Gasteiger partial charge on any atom is 0.413 e. The number of ether oxygens (including phenoxy) is 3. The topological polar surface area (TPSA) is 94.2 Å². The number of nitrogens with zero attached hydrogens (tertiary/aromatic N) is 1. The van der Waals surface area contributed by atoms with Gasteiger partial charge in [0.1, 0.15) is 46.7 Å². The van der Waals surface area contributed by atoms with Crippen LogP contribution in [0, 0.1) is 0 Å². The zero-order valence-corrected chi connectivity index (χ0v) is 28.3. The molecule has 9 heteroatoms. The quantitative estimate of drug-likeness (QED) is 0.0919. The van der Waals surface area contributed by atoms with E-state index in [0.29, 0.717) is 6.42 Å². The van der Waals surface area contributed by atoms with Crippen LogP contribution in [0.3, 0.4) is 0 Å². The molecular weight excluding hydrogens is 587 g/mol. The number of amides is 1. The lowest BCUT2D eigenvalue weighted by molar-refractivity contribution is -0.149. The Morgan fingerprint density at radius 1 is 0.733 bits per heavy atom. The van der Waals surface area contributed by atoms with Gasteiger partial charge in [0.05, 0.1) is 18.8 Å². The minimum absolute atomic E-state index is 0.0534. The van der Waals surface area contributed by atoms with E-state index in [9.17, 15) is 14.4 Å². The third-order valence-corrected chi connectivity index (χ3v) is 11.1. The molecule has 0 saturated carbocycles. The molecule has 1 N–H and O–H groups in total. The molecule has 3 aromatic carbocycles. The summed E-state index contributed by atoms with van der Waals surface area (Å²) >= 11 is 0. The molecule has 0 aliphatic heterocycles. The van der Waals surface area contributed by atoms with Crippen molar-refractivity contribution in [3.63, 3.8) is 0 Å². The van der Waals surface area contributed by atoms with Crippen LogP contribution in [0.25, 0.3) is 0 Å². The van der Waals surface area contributed by atoms with Crippen LogP contribution in [0.4, 0.5) is 4.79 Å². The summed E-state index contributed by atoms with van der Waals surface area (Å²) in [4.78, 5) is 39.5. The van der Waals surface area contributed by atoms with Crippen molar-refractivity contribution >= 4 is 41.2 Å². The number of benzene rings is 3. The summed E-state index contributed by atoms with van der Waals surface area (Å²) in [6, 6.07) is 31.6. The van der Waals surface area contributed by atoms with Gasteiger partial charge in [-0.05, 0) is 77.9 Å². The summed E-state index contributed by atoms with van der Waals surface area (Å²) < 4.78 is 16.4. The van der Waals surface area contributed by atoms with Crippen LogP contribution in [-0.2, 0) is 23.8 Å². The summed E-state index contributed by atoms with van der Waals surface area (Å²) in [6.45, 7) is 10.4. The van der Waals surface area contributed by atoms with Gasteiger partial charge in [-0.15, -0.1) is 0 Å². The van der Waals surface area contributed by atoms with Crippen LogP contribution in [0.2, 0.25) is 0 Å². The Kier molecular flexibility index (Phi) is 12.3. The Morgan fingerprint density at radius 2 is 1.18 bits per heavy atom. The maximum atomic E-state index is 13.0. The van der Waals surface area contributed by atoms with Gasteiger partial charge in [0, 0.05) is 13.5 Å². The van der Waals surface area contributed by atoms with E-state index in [4.69, 9.17) is 14.2 Å². The van der Waals surface area contributed by atoms with E-state index in [1.165, 1.54) is 20.8 Å². The first kappa shape index (κ1) is 35.3. The number of esters is 2. The highest BCUT2D eigenvalue weighted by molar-refractivity contribution is 7.95. The average Bonchev–Trinajstić information content (AvgIpc) is 2.96. The van der Waals surface area contributed by atoms with Crippen molar-refractivity contribution in [2.24, 2.45) is 0 Å². The zero-order valence-electron chi connectivity index (χ0n) is 27.4. The molecule has 3 rings (SSSR count). The Labute approximate surface area is 268 Å². The number of hydrogen-bond donors (Lipinski definition) is 1. The third-order valence-electron chi connectivity index (χ3n) is 6.56. The van der Waals surface area contributed by atoms with Gasteiger partial charge in [0.25, 0.3) is 0 Å². The lowest BCUT2D eigenvalue weighted by atomic mass is 10.2. The van der Waals surface area contributed by atoms with Crippen LogP contribution >= 0.6 is 7.26 Å². The Morgan fingerprint density at radius 3 is 1.60 bits per heavy atom. The first-order valence-corrected chi connectivity index (χ1v) is 17.0. The van der Waals surface area contributed by atoms with E-state index in [2.05, 4.69) is 78.1 Å². The molecule has 3 aromatic rings. The fourth-order valence-corrected chi connectivity index (χ4v) is 9.10. The monoisotopic (exact) mass is 633 g/mol. The van der Waals surface area contributed by atoms with Gasteiger partial charge in [0.15, 0.2) is 0 Å². The van der Waals surface area contributed by atoms with Gasteiger partial charge in [0.2, 0.25) is 0 Å². The summed E-state index contributed by atoms with van der Waals surface area (Å²) in [6.07, 6.45) is 1.80. The largest absolute Gasteiger partial charge is 0.464 e.